The van der Waals surface area contributed by atoms with E-state index < -0.39 is 28.1 Å². The summed E-state index contributed by atoms with van der Waals surface area (Å²) in [6, 6.07) is 2.00. The van der Waals surface area contributed by atoms with Crippen LogP contribution in [0.1, 0.15) is 18.1 Å². The molecule has 1 atom stereocenters. The fourth-order valence-corrected chi connectivity index (χ4v) is 2.55. The molecule has 5 N–H and O–H groups in total. The predicted molar refractivity (Wildman–Crippen MR) is 75.1 cm³/mol. The lowest BCUT2D eigenvalue weighted by Crippen LogP contribution is -2.42. The standard InChI is InChI=1S/C12H17N3O5S/c1-6-4-7(2)10(9(5-6)21(14,18)19)20-8(3)11(16)15-12(13)17/h4-5,8H,1-3H3,(H2,14,18,19)(H3,13,15,16,17). The van der Waals surface area contributed by atoms with Gasteiger partial charge in [0.1, 0.15) is 10.6 Å². The van der Waals surface area contributed by atoms with E-state index in [4.69, 9.17) is 15.6 Å². The summed E-state index contributed by atoms with van der Waals surface area (Å²) in [7, 11) is -4.02. The summed E-state index contributed by atoms with van der Waals surface area (Å²) in [6.07, 6.45) is -1.13. The van der Waals surface area contributed by atoms with Gasteiger partial charge in [0, 0.05) is 0 Å². The first-order valence-corrected chi connectivity index (χ1v) is 7.48. The summed E-state index contributed by atoms with van der Waals surface area (Å²) in [6.45, 7) is 4.68. The Kier molecular flexibility index (Phi) is 4.92. The molecule has 0 heterocycles. The first kappa shape index (κ1) is 16.9. The SMILES string of the molecule is Cc1cc(C)c(OC(C)C(=O)NC(N)=O)c(S(N)(=O)=O)c1. The minimum absolute atomic E-state index is 0.0322. The average Bonchev–Trinajstić information content (AvgIpc) is 2.29. The molecule has 1 unspecified atom stereocenters. The average molecular weight is 315 g/mol. The van der Waals surface area contributed by atoms with Gasteiger partial charge in [-0.1, -0.05) is 6.07 Å². The molecule has 1 aromatic carbocycles. The van der Waals surface area contributed by atoms with Crippen molar-refractivity contribution in [3.05, 3.63) is 23.3 Å². The lowest BCUT2D eigenvalue weighted by Gasteiger charge is -2.18. The van der Waals surface area contributed by atoms with E-state index in [1.165, 1.54) is 13.0 Å². The van der Waals surface area contributed by atoms with Crippen LogP contribution >= 0.6 is 0 Å². The van der Waals surface area contributed by atoms with E-state index in [0.717, 1.165) is 0 Å². The summed E-state index contributed by atoms with van der Waals surface area (Å²) in [4.78, 5) is 22.0. The van der Waals surface area contributed by atoms with Crippen molar-refractivity contribution in [3.8, 4) is 5.75 Å². The number of imide groups is 1. The second kappa shape index (κ2) is 6.10. The molecule has 21 heavy (non-hydrogen) atoms. The Morgan fingerprint density at radius 1 is 1.29 bits per heavy atom. The van der Waals surface area contributed by atoms with E-state index in [-0.39, 0.29) is 10.6 Å². The van der Waals surface area contributed by atoms with Gasteiger partial charge in [-0.2, -0.15) is 0 Å². The van der Waals surface area contributed by atoms with Gasteiger partial charge in [-0.25, -0.2) is 18.4 Å². The third kappa shape index (κ3) is 4.43. The number of urea groups is 1. The van der Waals surface area contributed by atoms with Gasteiger partial charge in [0.15, 0.2) is 6.10 Å². The van der Waals surface area contributed by atoms with Gasteiger partial charge in [0.05, 0.1) is 0 Å². The normalized spacial score (nSPS) is 12.6. The zero-order valence-corrected chi connectivity index (χ0v) is 12.7. The Hall–Kier alpha value is -2.13. The first-order chi connectivity index (χ1) is 9.52. The van der Waals surface area contributed by atoms with Gasteiger partial charge in [0.25, 0.3) is 5.91 Å². The maximum absolute atomic E-state index is 11.6. The highest BCUT2D eigenvalue weighted by atomic mass is 32.2. The number of hydrogen-bond donors (Lipinski definition) is 3. The summed E-state index contributed by atoms with van der Waals surface area (Å²) in [5.41, 5.74) is 6.01. The molecule has 1 aromatic rings. The number of nitrogens with one attached hydrogen (secondary N) is 1. The summed E-state index contributed by atoms with van der Waals surface area (Å²) in [5, 5.41) is 6.99. The van der Waals surface area contributed by atoms with E-state index in [0.29, 0.717) is 11.1 Å². The molecule has 0 bridgehead atoms. The predicted octanol–water partition coefficient (Wildman–Crippen LogP) is -0.0870. The van der Waals surface area contributed by atoms with Crippen LogP contribution in [0.25, 0.3) is 0 Å². The molecular formula is C12H17N3O5S. The molecule has 0 aromatic heterocycles. The van der Waals surface area contributed by atoms with Crippen LogP contribution in [0, 0.1) is 13.8 Å². The number of rotatable bonds is 4. The van der Waals surface area contributed by atoms with Crippen molar-refractivity contribution in [3.63, 3.8) is 0 Å². The molecular weight excluding hydrogens is 298 g/mol. The van der Waals surface area contributed by atoms with Crippen LogP contribution in [0.2, 0.25) is 0 Å². The van der Waals surface area contributed by atoms with Crippen LogP contribution < -0.4 is 20.9 Å². The topological polar surface area (TPSA) is 142 Å². The smallest absolute Gasteiger partial charge is 0.318 e. The molecule has 0 radical (unpaired) electrons. The van der Waals surface area contributed by atoms with Crippen LogP contribution in [0.4, 0.5) is 4.79 Å². The van der Waals surface area contributed by atoms with Gasteiger partial charge >= 0.3 is 6.03 Å². The number of hydrogen-bond acceptors (Lipinski definition) is 5. The fourth-order valence-electron chi connectivity index (χ4n) is 1.73. The Labute approximate surface area is 122 Å². The molecule has 0 fully saturated rings. The van der Waals surface area contributed by atoms with Crippen molar-refractivity contribution in [1.82, 2.24) is 5.32 Å². The van der Waals surface area contributed by atoms with Crippen molar-refractivity contribution >= 4 is 22.0 Å². The molecule has 0 aliphatic rings. The quantitative estimate of drug-likeness (QED) is 0.712. The molecule has 9 heteroatoms. The van der Waals surface area contributed by atoms with E-state index in [9.17, 15) is 18.0 Å². The van der Waals surface area contributed by atoms with Crippen LogP contribution in [0.3, 0.4) is 0 Å². The number of amides is 3. The largest absolute Gasteiger partial charge is 0.479 e. The molecule has 0 aliphatic heterocycles. The number of primary amides is 1. The maximum atomic E-state index is 11.6. The molecule has 116 valence electrons. The van der Waals surface area contributed by atoms with Gasteiger partial charge in [-0.3, -0.25) is 10.1 Å². The number of nitrogens with two attached hydrogens (primary N) is 2. The second-order valence-corrected chi connectivity index (χ2v) is 6.10. The number of carbonyl (C=O) groups excluding carboxylic acids is 2. The zero-order valence-electron chi connectivity index (χ0n) is 11.8. The highest BCUT2D eigenvalue weighted by molar-refractivity contribution is 7.89. The van der Waals surface area contributed by atoms with Gasteiger partial charge < -0.3 is 10.5 Å². The number of benzene rings is 1. The number of ether oxygens (including phenoxy) is 1. The number of carbonyl (C=O) groups is 2. The Morgan fingerprint density at radius 2 is 1.86 bits per heavy atom. The second-order valence-electron chi connectivity index (χ2n) is 4.57. The number of primary sulfonamides is 1. The van der Waals surface area contributed by atoms with Crippen LogP contribution in [0.15, 0.2) is 17.0 Å². The Bertz CT molecular complexity index is 684. The number of sulfonamides is 1. The molecule has 0 saturated heterocycles. The zero-order chi connectivity index (χ0) is 16.4. The van der Waals surface area contributed by atoms with Gasteiger partial charge in [-0.15, -0.1) is 0 Å². The lowest BCUT2D eigenvalue weighted by atomic mass is 10.1. The highest BCUT2D eigenvalue weighted by Crippen LogP contribution is 2.29. The highest BCUT2D eigenvalue weighted by Gasteiger charge is 2.23. The minimum Gasteiger partial charge on any atom is -0.479 e. The molecule has 0 saturated carbocycles. The molecule has 0 aliphatic carbocycles. The van der Waals surface area contributed by atoms with Crippen molar-refractivity contribution in [2.45, 2.75) is 31.8 Å². The van der Waals surface area contributed by atoms with Crippen LogP contribution in [0.5, 0.6) is 5.75 Å². The number of aryl methyl sites for hydroxylation is 2. The van der Waals surface area contributed by atoms with Gasteiger partial charge in [-0.05, 0) is 38.0 Å². The van der Waals surface area contributed by atoms with E-state index in [2.05, 4.69) is 0 Å². The first-order valence-electron chi connectivity index (χ1n) is 5.93. The molecule has 3 amide bonds. The van der Waals surface area contributed by atoms with E-state index in [1.807, 2.05) is 5.32 Å². The van der Waals surface area contributed by atoms with E-state index >= 15 is 0 Å². The maximum Gasteiger partial charge on any atom is 0.318 e. The minimum atomic E-state index is -4.02. The summed E-state index contributed by atoms with van der Waals surface area (Å²) >= 11 is 0. The molecule has 0 spiro atoms. The van der Waals surface area contributed by atoms with Crippen molar-refractivity contribution < 1.29 is 22.7 Å². The van der Waals surface area contributed by atoms with Crippen molar-refractivity contribution in [2.24, 2.45) is 10.9 Å². The van der Waals surface area contributed by atoms with Crippen molar-refractivity contribution in [1.29, 1.82) is 0 Å². The monoisotopic (exact) mass is 315 g/mol. The summed E-state index contributed by atoms with van der Waals surface area (Å²) in [5.74, 6) is -0.821. The van der Waals surface area contributed by atoms with Crippen LogP contribution in [-0.4, -0.2) is 26.5 Å². The third-order valence-corrected chi connectivity index (χ3v) is 3.52. The Morgan fingerprint density at radius 3 is 2.33 bits per heavy atom. The Balaban J connectivity index is 3.19. The third-order valence-electron chi connectivity index (χ3n) is 2.60. The van der Waals surface area contributed by atoms with Crippen molar-refractivity contribution in [2.75, 3.05) is 0 Å². The van der Waals surface area contributed by atoms with E-state index in [1.54, 1.807) is 19.9 Å². The fraction of sp³-hybridized carbons (Fsp3) is 0.333. The lowest BCUT2D eigenvalue weighted by molar-refractivity contribution is -0.126. The summed E-state index contributed by atoms with van der Waals surface area (Å²) < 4.78 is 28.6. The molecule has 1 rings (SSSR count). The van der Waals surface area contributed by atoms with Crippen LogP contribution in [-0.2, 0) is 14.8 Å². The molecule has 8 nitrogen and oxygen atoms in total. The van der Waals surface area contributed by atoms with Gasteiger partial charge in [0.2, 0.25) is 10.0 Å².